The second-order valence-electron chi connectivity index (χ2n) is 2.92. The molecular weight excluding hydrogens is 229 g/mol. The second-order valence-corrected chi connectivity index (χ2v) is 4.37. The van der Waals surface area contributed by atoms with Crippen LogP contribution < -0.4 is 34.9 Å². The van der Waals surface area contributed by atoms with E-state index in [0.717, 1.165) is 6.08 Å². The summed E-state index contributed by atoms with van der Waals surface area (Å²) in [7, 11) is -4.30. The molecular formula is C8H14NNaO4S. The van der Waals surface area contributed by atoms with Crippen molar-refractivity contribution >= 4 is 16.0 Å². The van der Waals surface area contributed by atoms with Crippen molar-refractivity contribution in [3.05, 3.63) is 12.7 Å². The van der Waals surface area contributed by atoms with Crippen LogP contribution in [-0.4, -0.2) is 30.7 Å². The van der Waals surface area contributed by atoms with Crippen LogP contribution >= 0.6 is 0 Å². The zero-order chi connectivity index (χ0) is 11.2. The van der Waals surface area contributed by atoms with Gasteiger partial charge in [0.2, 0.25) is 5.91 Å². The zero-order valence-corrected chi connectivity index (χ0v) is 11.8. The van der Waals surface area contributed by atoms with Gasteiger partial charge in [-0.2, -0.15) is 0 Å². The summed E-state index contributed by atoms with van der Waals surface area (Å²) < 4.78 is 31.4. The maximum Gasteiger partial charge on any atom is 1.00 e. The Kier molecular flexibility index (Phi) is 9.68. The van der Waals surface area contributed by atoms with Crippen molar-refractivity contribution in [3.8, 4) is 0 Å². The third-order valence-corrected chi connectivity index (χ3v) is 2.38. The Morgan fingerprint density at radius 3 is 2.47 bits per heavy atom. The van der Waals surface area contributed by atoms with Crippen LogP contribution in [0, 0.1) is 0 Å². The van der Waals surface area contributed by atoms with Gasteiger partial charge in [0.15, 0.2) is 0 Å². The summed E-state index contributed by atoms with van der Waals surface area (Å²) in [6.45, 7) is 5.07. The van der Waals surface area contributed by atoms with E-state index in [1.165, 1.54) is 0 Å². The van der Waals surface area contributed by atoms with Crippen molar-refractivity contribution in [2.45, 2.75) is 25.8 Å². The Labute approximate surface area is 112 Å². The molecule has 7 heteroatoms. The molecule has 0 saturated carbocycles. The summed E-state index contributed by atoms with van der Waals surface area (Å²) in [5, 5.41) is 2.39. The maximum absolute atomic E-state index is 10.9. The molecule has 15 heavy (non-hydrogen) atoms. The number of carbonyl (C=O) groups excluding carboxylic acids is 1. The molecule has 0 saturated heterocycles. The first-order chi connectivity index (χ1) is 6.39. The van der Waals surface area contributed by atoms with Crippen LogP contribution in [0.25, 0.3) is 0 Å². The third kappa shape index (κ3) is 10.4. The standard InChI is InChI=1S/C8H15NO4S.Na/c1-3-5-7(6-14(11,12)13)9-8(10)4-2;/h4,7H,2-3,5-6H2,1H3,(H,9,10)(H,11,12,13);/q;+1/p-1. The van der Waals surface area contributed by atoms with Crippen molar-refractivity contribution in [1.29, 1.82) is 0 Å². The van der Waals surface area contributed by atoms with Crippen LogP contribution in [0.15, 0.2) is 12.7 Å². The van der Waals surface area contributed by atoms with Gasteiger partial charge in [-0.3, -0.25) is 4.79 Å². The van der Waals surface area contributed by atoms with E-state index in [1.54, 1.807) is 0 Å². The molecule has 5 nitrogen and oxygen atoms in total. The summed E-state index contributed by atoms with van der Waals surface area (Å²) in [5.74, 6) is -1.03. The molecule has 82 valence electrons. The molecule has 0 aromatic heterocycles. The van der Waals surface area contributed by atoms with Gasteiger partial charge in [0.25, 0.3) is 0 Å². The molecule has 0 heterocycles. The van der Waals surface area contributed by atoms with Gasteiger partial charge in [-0.25, -0.2) is 8.42 Å². The largest absolute Gasteiger partial charge is 1.00 e. The van der Waals surface area contributed by atoms with Gasteiger partial charge in [0.05, 0.1) is 15.9 Å². The quantitative estimate of drug-likeness (QED) is 0.306. The van der Waals surface area contributed by atoms with Crippen LogP contribution in [-0.2, 0) is 14.9 Å². The van der Waals surface area contributed by atoms with Crippen LogP contribution in [0.1, 0.15) is 19.8 Å². The predicted molar refractivity (Wildman–Crippen MR) is 51.6 cm³/mol. The van der Waals surface area contributed by atoms with E-state index in [2.05, 4.69) is 11.9 Å². The van der Waals surface area contributed by atoms with Gasteiger partial charge < -0.3 is 9.87 Å². The van der Waals surface area contributed by atoms with E-state index in [9.17, 15) is 17.8 Å². The first-order valence-corrected chi connectivity index (χ1v) is 5.83. The summed E-state index contributed by atoms with van der Waals surface area (Å²) in [4.78, 5) is 10.9. The molecule has 1 amide bonds. The molecule has 0 aliphatic rings. The van der Waals surface area contributed by atoms with Gasteiger partial charge in [0.1, 0.15) is 0 Å². The van der Waals surface area contributed by atoms with E-state index in [4.69, 9.17) is 0 Å². The van der Waals surface area contributed by atoms with Crippen LogP contribution in [0.2, 0.25) is 0 Å². The molecule has 0 fully saturated rings. The van der Waals surface area contributed by atoms with Gasteiger partial charge in [-0.15, -0.1) is 0 Å². The topological polar surface area (TPSA) is 86.3 Å². The summed E-state index contributed by atoms with van der Waals surface area (Å²) in [5.41, 5.74) is 0. The zero-order valence-electron chi connectivity index (χ0n) is 9.02. The van der Waals surface area contributed by atoms with Gasteiger partial charge in [-0.05, 0) is 12.5 Å². The summed E-state index contributed by atoms with van der Waals surface area (Å²) >= 11 is 0. The molecule has 0 spiro atoms. The van der Waals surface area contributed by atoms with E-state index in [-0.39, 0.29) is 29.6 Å². The molecule has 0 aromatic carbocycles. The fraction of sp³-hybridized carbons (Fsp3) is 0.625. The molecule has 0 rings (SSSR count). The average molecular weight is 243 g/mol. The number of nitrogens with one attached hydrogen (secondary N) is 1. The SMILES string of the molecule is C=CC(=O)NC(CCC)CS(=O)(=O)[O-].[Na+]. The fourth-order valence-corrected chi connectivity index (χ4v) is 1.79. The molecule has 0 aliphatic carbocycles. The molecule has 0 bridgehead atoms. The van der Waals surface area contributed by atoms with Crippen LogP contribution in [0.5, 0.6) is 0 Å². The number of amides is 1. The van der Waals surface area contributed by atoms with Crippen molar-refractivity contribution < 1.29 is 47.3 Å². The normalized spacial score (nSPS) is 12.4. The maximum atomic E-state index is 10.9. The van der Waals surface area contributed by atoms with Gasteiger partial charge >= 0.3 is 29.6 Å². The van der Waals surface area contributed by atoms with Gasteiger partial charge in [-0.1, -0.05) is 19.9 Å². The minimum Gasteiger partial charge on any atom is -0.748 e. The molecule has 0 radical (unpaired) electrons. The number of hydrogen-bond donors (Lipinski definition) is 1. The Balaban J connectivity index is 0. The molecule has 1 atom stereocenters. The van der Waals surface area contributed by atoms with E-state index in [0.29, 0.717) is 12.8 Å². The Morgan fingerprint density at radius 2 is 2.13 bits per heavy atom. The minimum absolute atomic E-state index is 0. The van der Waals surface area contributed by atoms with Crippen molar-refractivity contribution in [2.24, 2.45) is 0 Å². The minimum atomic E-state index is -4.30. The Hall–Kier alpha value is 0.120. The number of hydrogen-bond acceptors (Lipinski definition) is 4. The molecule has 1 unspecified atom stereocenters. The average Bonchev–Trinajstić information content (AvgIpc) is 2.01. The summed E-state index contributed by atoms with van der Waals surface area (Å²) in [6.07, 6.45) is 2.19. The van der Waals surface area contributed by atoms with Crippen molar-refractivity contribution in [2.75, 3.05) is 5.75 Å². The second kappa shape index (κ2) is 8.29. The predicted octanol–water partition coefficient (Wildman–Crippen LogP) is -2.99. The smallest absolute Gasteiger partial charge is 0.748 e. The van der Waals surface area contributed by atoms with E-state index >= 15 is 0 Å². The first kappa shape index (κ1) is 17.5. The Morgan fingerprint density at radius 1 is 1.60 bits per heavy atom. The number of carbonyl (C=O) groups is 1. The van der Waals surface area contributed by atoms with E-state index < -0.39 is 27.8 Å². The van der Waals surface area contributed by atoms with Crippen LogP contribution in [0.4, 0.5) is 0 Å². The third-order valence-electron chi connectivity index (χ3n) is 1.57. The monoisotopic (exact) mass is 243 g/mol. The van der Waals surface area contributed by atoms with Crippen molar-refractivity contribution in [1.82, 2.24) is 5.32 Å². The fourth-order valence-electron chi connectivity index (χ4n) is 1.05. The Bertz CT molecular complexity index is 302. The van der Waals surface area contributed by atoms with Crippen LogP contribution in [0.3, 0.4) is 0 Å². The molecule has 0 aliphatic heterocycles. The van der Waals surface area contributed by atoms with Crippen molar-refractivity contribution in [3.63, 3.8) is 0 Å². The van der Waals surface area contributed by atoms with E-state index in [1.807, 2.05) is 6.92 Å². The number of rotatable bonds is 6. The first-order valence-electron chi connectivity index (χ1n) is 4.25. The summed E-state index contributed by atoms with van der Waals surface area (Å²) in [6, 6.07) is -0.618. The molecule has 0 aromatic rings. The molecule has 1 N–H and O–H groups in total. The van der Waals surface area contributed by atoms with Gasteiger partial charge in [0, 0.05) is 6.04 Å².